The van der Waals surface area contributed by atoms with Gasteiger partial charge in [0.1, 0.15) is 0 Å². The third-order valence-electron chi connectivity index (χ3n) is 4.17. The van der Waals surface area contributed by atoms with Crippen LogP contribution in [0.1, 0.15) is 32.6 Å². The minimum atomic E-state index is 0.662. The summed E-state index contributed by atoms with van der Waals surface area (Å²) in [6.45, 7) is 3.39. The summed E-state index contributed by atoms with van der Waals surface area (Å²) in [7, 11) is 0. The van der Waals surface area contributed by atoms with Gasteiger partial charge in [-0.3, -0.25) is 0 Å². The van der Waals surface area contributed by atoms with Crippen LogP contribution in [0, 0.1) is 11.8 Å². The van der Waals surface area contributed by atoms with Gasteiger partial charge in [-0.15, -0.1) is 0 Å². The molecule has 2 N–H and O–H groups in total. The van der Waals surface area contributed by atoms with Crippen LogP contribution in [0.2, 0.25) is 0 Å². The summed E-state index contributed by atoms with van der Waals surface area (Å²) in [4.78, 5) is 4.44. The first-order chi connectivity index (χ1) is 8.74. The second kappa shape index (κ2) is 4.63. The van der Waals surface area contributed by atoms with Gasteiger partial charge in [-0.05, 0) is 36.8 Å². The van der Waals surface area contributed by atoms with Crippen LogP contribution < -0.4 is 5.73 Å². The zero-order chi connectivity index (χ0) is 12.5. The maximum atomic E-state index is 6.06. The van der Waals surface area contributed by atoms with E-state index in [0.717, 1.165) is 23.9 Å². The fourth-order valence-electron chi connectivity index (χ4n) is 3.27. The largest absolute Gasteiger partial charge is 0.369 e. The number of nitrogen functional groups attached to an aromatic ring is 1. The second-order valence-electron chi connectivity index (χ2n) is 5.71. The minimum absolute atomic E-state index is 0.662. The maximum absolute atomic E-state index is 6.06. The topological polar surface area (TPSA) is 43.8 Å². The highest BCUT2D eigenvalue weighted by Gasteiger charge is 2.20. The van der Waals surface area contributed by atoms with Gasteiger partial charge >= 0.3 is 0 Å². The molecule has 0 bridgehead atoms. The van der Waals surface area contributed by atoms with Gasteiger partial charge in [-0.25, -0.2) is 4.98 Å². The van der Waals surface area contributed by atoms with E-state index in [1.807, 2.05) is 12.1 Å². The highest BCUT2D eigenvalue weighted by Crippen LogP contribution is 2.31. The number of hydrogen-bond acceptors (Lipinski definition) is 2. The Hall–Kier alpha value is -1.51. The van der Waals surface area contributed by atoms with Crippen molar-refractivity contribution >= 4 is 17.0 Å². The van der Waals surface area contributed by atoms with E-state index < -0.39 is 0 Å². The Morgan fingerprint density at radius 3 is 3.00 bits per heavy atom. The smallest absolute Gasteiger partial charge is 0.201 e. The monoisotopic (exact) mass is 243 g/mol. The summed E-state index contributed by atoms with van der Waals surface area (Å²) >= 11 is 0. The molecule has 3 nitrogen and oxygen atoms in total. The molecule has 1 aromatic carbocycles. The summed E-state index contributed by atoms with van der Waals surface area (Å²) in [6.07, 6.45) is 5.40. The summed E-state index contributed by atoms with van der Waals surface area (Å²) in [5, 5.41) is 0. The van der Waals surface area contributed by atoms with Crippen LogP contribution in [0.25, 0.3) is 11.0 Å². The third kappa shape index (κ3) is 2.09. The molecule has 1 saturated carbocycles. The molecule has 18 heavy (non-hydrogen) atoms. The van der Waals surface area contributed by atoms with Gasteiger partial charge in [-0.1, -0.05) is 31.9 Å². The van der Waals surface area contributed by atoms with Crippen LogP contribution in [-0.4, -0.2) is 9.55 Å². The number of fused-ring (bicyclic) bond motifs is 1. The second-order valence-corrected chi connectivity index (χ2v) is 5.71. The van der Waals surface area contributed by atoms with Crippen LogP contribution in [-0.2, 0) is 6.54 Å². The molecule has 3 heteroatoms. The van der Waals surface area contributed by atoms with E-state index in [2.05, 4.69) is 28.6 Å². The quantitative estimate of drug-likeness (QED) is 0.878. The molecule has 2 aromatic rings. The van der Waals surface area contributed by atoms with Crippen LogP contribution in [0.5, 0.6) is 0 Å². The number of hydrogen-bond donors (Lipinski definition) is 1. The summed E-state index contributed by atoms with van der Waals surface area (Å²) < 4.78 is 2.19. The molecule has 0 aliphatic heterocycles. The maximum Gasteiger partial charge on any atom is 0.201 e. The van der Waals surface area contributed by atoms with Crippen molar-refractivity contribution in [2.75, 3.05) is 5.73 Å². The van der Waals surface area contributed by atoms with Crippen molar-refractivity contribution < 1.29 is 0 Å². The van der Waals surface area contributed by atoms with Crippen molar-refractivity contribution in [1.29, 1.82) is 0 Å². The predicted octanol–water partition coefficient (Wildman–Crippen LogP) is 3.44. The molecule has 0 amide bonds. The van der Waals surface area contributed by atoms with Gasteiger partial charge in [0, 0.05) is 6.54 Å². The number of nitrogens with two attached hydrogens (primary N) is 1. The molecule has 3 rings (SSSR count). The van der Waals surface area contributed by atoms with Crippen molar-refractivity contribution in [2.45, 2.75) is 39.2 Å². The Kier molecular flexibility index (Phi) is 2.98. The molecular weight excluding hydrogens is 222 g/mol. The van der Waals surface area contributed by atoms with Crippen LogP contribution in [0.4, 0.5) is 5.95 Å². The van der Waals surface area contributed by atoms with Crippen molar-refractivity contribution in [3.8, 4) is 0 Å². The zero-order valence-electron chi connectivity index (χ0n) is 11.0. The predicted molar refractivity (Wildman–Crippen MR) is 75.3 cm³/mol. The van der Waals surface area contributed by atoms with Crippen molar-refractivity contribution in [2.24, 2.45) is 11.8 Å². The minimum Gasteiger partial charge on any atom is -0.369 e. The van der Waals surface area contributed by atoms with Gasteiger partial charge in [0.15, 0.2) is 0 Å². The summed E-state index contributed by atoms with van der Waals surface area (Å²) in [5.41, 5.74) is 8.24. The first kappa shape index (κ1) is 11.6. The molecule has 1 aliphatic carbocycles. The number of para-hydroxylation sites is 2. The molecule has 0 radical (unpaired) electrons. The molecule has 1 fully saturated rings. The summed E-state index contributed by atoms with van der Waals surface area (Å²) in [6, 6.07) is 8.22. The Morgan fingerprint density at radius 1 is 1.33 bits per heavy atom. The normalized spacial score (nSPS) is 24.5. The van der Waals surface area contributed by atoms with E-state index in [1.54, 1.807) is 0 Å². The Morgan fingerprint density at radius 2 is 2.17 bits per heavy atom. The van der Waals surface area contributed by atoms with Crippen LogP contribution in [0.15, 0.2) is 24.3 Å². The fraction of sp³-hybridized carbons (Fsp3) is 0.533. The molecule has 1 aliphatic rings. The molecule has 96 valence electrons. The van der Waals surface area contributed by atoms with Gasteiger partial charge in [0.05, 0.1) is 11.0 Å². The lowest BCUT2D eigenvalue weighted by Gasteiger charge is -2.27. The standard InChI is InChI=1S/C15H21N3/c1-11-5-4-6-12(9-11)10-18-14-8-3-2-7-13(14)17-15(18)16/h2-3,7-8,11-12H,4-6,9-10H2,1H3,(H2,16,17). The molecular formula is C15H21N3. The average Bonchev–Trinajstić information content (AvgIpc) is 2.66. The molecule has 0 spiro atoms. The van der Waals surface area contributed by atoms with Crippen molar-refractivity contribution in [3.05, 3.63) is 24.3 Å². The van der Waals surface area contributed by atoms with Crippen molar-refractivity contribution in [1.82, 2.24) is 9.55 Å². The number of aromatic nitrogens is 2. The fourth-order valence-corrected chi connectivity index (χ4v) is 3.27. The highest BCUT2D eigenvalue weighted by molar-refractivity contribution is 5.78. The molecule has 1 heterocycles. The third-order valence-corrected chi connectivity index (χ3v) is 4.17. The zero-order valence-corrected chi connectivity index (χ0v) is 11.0. The lowest BCUT2D eigenvalue weighted by Crippen LogP contribution is -2.19. The van der Waals surface area contributed by atoms with Gasteiger partial charge in [0.25, 0.3) is 0 Å². The van der Waals surface area contributed by atoms with Gasteiger partial charge in [0.2, 0.25) is 5.95 Å². The average molecular weight is 243 g/mol. The molecule has 2 unspecified atom stereocenters. The van der Waals surface area contributed by atoms with E-state index in [-0.39, 0.29) is 0 Å². The lowest BCUT2D eigenvalue weighted by molar-refractivity contribution is 0.259. The van der Waals surface area contributed by atoms with Gasteiger partial charge in [-0.2, -0.15) is 0 Å². The first-order valence-electron chi connectivity index (χ1n) is 6.95. The van der Waals surface area contributed by atoms with Gasteiger partial charge < -0.3 is 10.3 Å². The lowest BCUT2D eigenvalue weighted by atomic mass is 9.82. The number of imidazole rings is 1. The van der Waals surface area contributed by atoms with E-state index in [0.29, 0.717) is 5.95 Å². The van der Waals surface area contributed by atoms with E-state index in [9.17, 15) is 0 Å². The van der Waals surface area contributed by atoms with Crippen molar-refractivity contribution in [3.63, 3.8) is 0 Å². The van der Waals surface area contributed by atoms with E-state index in [1.165, 1.54) is 31.2 Å². The molecule has 1 aromatic heterocycles. The van der Waals surface area contributed by atoms with E-state index >= 15 is 0 Å². The molecule has 0 saturated heterocycles. The Balaban J connectivity index is 1.87. The number of anilines is 1. The Labute approximate surface area is 108 Å². The van der Waals surface area contributed by atoms with Crippen LogP contribution in [0.3, 0.4) is 0 Å². The highest BCUT2D eigenvalue weighted by atomic mass is 15.2. The summed E-state index contributed by atoms with van der Waals surface area (Å²) in [5.74, 6) is 2.28. The first-order valence-corrected chi connectivity index (χ1v) is 6.95. The number of nitrogens with zero attached hydrogens (tertiary/aromatic N) is 2. The SMILES string of the molecule is CC1CCCC(Cn2c(N)nc3ccccc32)C1. The number of rotatable bonds is 2. The number of benzene rings is 1. The van der Waals surface area contributed by atoms with E-state index in [4.69, 9.17) is 5.73 Å². The molecule has 2 atom stereocenters. The Bertz CT molecular complexity index is 544. The van der Waals surface area contributed by atoms with Crippen LogP contribution >= 0.6 is 0 Å².